The van der Waals surface area contributed by atoms with E-state index in [0.717, 1.165) is 11.2 Å². The molecule has 0 saturated carbocycles. The van der Waals surface area contributed by atoms with E-state index in [1.165, 1.54) is 94.6 Å². The van der Waals surface area contributed by atoms with Crippen LogP contribution in [-0.4, -0.2) is 6.85 Å². The first kappa shape index (κ1) is 44.0. The van der Waals surface area contributed by atoms with Crippen molar-refractivity contribution in [3.05, 3.63) is 137 Å². The van der Waals surface area contributed by atoms with Crippen molar-refractivity contribution >= 4 is 68.1 Å². The molecule has 4 heteroatoms. The highest BCUT2D eigenvalue weighted by atomic mass is 16.3. The van der Waals surface area contributed by atoms with E-state index in [9.17, 15) is 0 Å². The molecule has 3 nitrogen and oxygen atoms in total. The molecule has 3 heterocycles. The third-order valence-corrected chi connectivity index (χ3v) is 14.2. The Kier molecular flexibility index (Phi) is 9.72. The fraction of sp³-hybridized carbons (Fsp3) is 0.400. The topological polar surface area (TPSA) is 19.6 Å². The van der Waals surface area contributed by atoms with Crippen molar-refractivity contribution in [2.24, 2.45) is 0 Å². The first-order chi connectivity index (χ1) is 29.5. The standard InChI is InChI=1S/C60H71BN2O/c1-55(2,3)36-19-24-42(25-20-36)63-47-27-22-37(56(4,5)6)32-44(47)53-52-45-33-38(57(7,8)9)23-28-50(45)64-51(52)35-49-54(53)61(63)46-26-21-39(58(10,11)12)34-48(46)62(49)43-30-40(59(13,14)15)29-41(31-43)60(16,17)18/h19-35H,1-18H3. The molecule has 2 aliphatic rings. The quantitative estimate of drug-likeness (QED) is 0.162. The van der Waals surface area contributed by atoms with Crippen LogP contribution in [0, 0.1) is 0 Å². The van der Waals surface area contributed by atoms with Gasteiger partial charge in [-0.25, -0.2) is 0 Å². The fourth-order valence-corrected chi connectivity index (χ4v) is 9.98. The maximum absolute atomic E-state index is 7.12. The van der Waals surface area contributed by atoms with Crippen LogP contribution < -0.4 is 20.6 Å². The Morgan fingerprint density at radius 2 is 0.891 bits per heavy atom. The first-order valence-corrected chi connectivity index (χ1v) is 23.7. The van der Waals surface area contributed by atoms with Crippen LogP contribution in [0.15, 0.2) is 108 Å². The van der Waals surface area contributed by atoms with Gasteiger partial charge in [-0.05, 0) is 137 Å². The van der Waals surface area contributed by atoms with Crippen LogP contribution in [0.3, 0.4) is 0 Å². The summed E-state index contributed by atoms with van der Waals surface area (Å²) in [6, 6.07) is 40.7. The highest BCUT2D eigenvalue weighted by molar-refractivity contribution is 6.94. The number of hydrogen-bond donors (Lipinski definition) is 0. The molecule has 0 spiro atoms. The van der Waals surface area contributed by atoms with Gasteiger partial charge in [0.25, 0.3) is 0 Å². The summed E-state index contributed by atoms with van der Waals surface area (Å²) < 4.78 is 7.12. The molecule has 7 aromatic rings. The molecule has 0 saturated heterocycles. The lowest BCUT2D eigenvalue weighted by Crippen LogP contribution is -2.61. The van der Waals surface area contributed by atoms with E-state index >= 15 is 0 Å². The van der Waals surface area contributed by atoms with Crippen LogP contribution in [0.5, 0.6) is 0 Å². The Hall–Kier alpha value is -5.22. The molecule has 1 aromatic heterocycles. The second kappa shape index (κ2) is 14.1. The molecule has 330 valence electrons. The van der Waals surface area contributed by atoms with Gasteiger partial charge in [0.1, 0.15) is 11.2 Å². The number of nitrogens with zero attached hydrogens (tertiary/aromatic N) is 2. The maximum Gasteiger partial charge on any atom is 0.333 e. The van der Waals surface area contributed by atoms with Gasteiger partial charge >= 0.3 is 6.85 Å². The molecule has 9 rings (SSSR count). The lowest BCUT2D eigenvalue weighted by atomic mass is 9.43. The van der Waals surface area contributed by atoms with Crippen molar-refractivity contribution in [3.63, 3.8) is 0 Å². The fourth-order valence-electron chi connectivity index (χ4n) is 9.98. The average Bonchev–Trinajstić information content (AvgIpc) is 3.55. The molecule has 0 radical (unpaired) electrons. The highest BCUT2D eigenvalue weighted by Crippen LogP contribution is 2.53. The lowest BCUT2D eigenvalue weighted by Gasteiger charge is -2.46. The number of fused-ring (bicyclic) bond motifs is 8. The molecule has 0 N–H and O–H groups in total. The number of benzene rings is 6. The van der Waals surface area contributed by atoms with Crippen molar-refractivity contribution in [3.8, 4) is 11.1 Å². The van der Waals surface area contributed by atoms with Crippen LogP contribution in [-0.2, 0) is 32.5 Å². The molecule has 0 bridgehead atoms. The monoisotopic (exact) mass is 847 g/mol. The van der Waals surface area contributed by atoms with Crippen LogP contribution in [0.1, 0.15) is 158 Å². The van der Waals surface area contributed by atoms with Crippen LogP contribution in [0.25, 0.3) is 33.1 Å². The summed E-state index contributed by atoms with van der Waals surface area (Å²) >= 11 is 0. The van der Waals surface area contributed by atoms with E-state index in [1.54, 1.807) is 0 Å². The van der Waals surface area contributed by atoms with E-state index in [0.29, 0.717) is 0 Å². The zero-order chi connectivity index (χ0) is 46.4. The molecule has 6 aromatic carbocycles. The Morgan fingerprint density at radius 1 is 0.391 bits per heavy atom. The lowest BCUT2D eigenvalue weighted by molar-refractivity contribution is 0.568. The number of hydrogen-bond acceptors (Lipinski definition) is 3. The average molecular weight is 847 g/mol. The van der Waals surface area contributed by atoms with E-state index < -0.39 is 0 Å². The molecule has 0 fully saturated rings. The third-order valence-electron chi connectivity index (χ3n) is 14.2. The summed E-state index contributed by atoms with van der Waals surface area (Å²) in [5.41, 5.74) is 20.7. The Balaban J connectivity index is 1.50. The highest BCUT2D eigenvalue weighted by Gasteiger charge is 2.47. The summed E-state index contributed by atoms with van der Waals surface area (Å²) in [6.07, 6.45) is 0. The number of anilines is 5. The molecule has 0 unspecified atom stereocenters. The van der Waals surface area contributed by atoms with Gasteiger partial charge in [-0.15, -0.1) is 0 Å². The zero-order valence-electron chi connectivity index (χ0n) is 42.2. The Bertz CT molecular complexity index is 2960. The van der Waals surface area contributed by atoms with Crippen molar-refractivity contribution in [1.82, 2.24) is 0 Å². The second-order valence-corrected chi connectivity index (χ2v) is 25.3. The van der Waals surface area contributed by atoms with E-state index in [2.05, 4.69) is 237 Å². The Labute approximate surface area is 385 Å². The van der Waals surface area contributed by atoms with Crippen molar-refractivity contribution in [2.75, 3.05) is 9.71 Å². The van der Waals surface area contributed by atoms with Crippen molar-refractivity contribution in [2.45, 2.75) is 157 Å². The van der Waals surface area contributed by atoms with Crippen LogP contribution in [0.4, 0.5) is 28.4 Å². The maximum atomic E-state index is 7.12. The normalized spacial score (nSPS) is 14.6. The predicted octanol–water partition coefficient (Wildman–Crippen LogP) is 16.1. The van der Waals surface area contributed by atoms with Gasteiger partial charge in [0.05, 0.1) is 0 Å². The molecule has 0 atom stereocenters. The summed E-state index contributed by atoms with van der Waals surface area (Å²) in [5.74, 6) is 0. The minimum absolute atomic E-state index is 0.0254. The zero-order valence-corrected chi connectivity index (χ0v) is 42.2. The third kappa shape index (κ3) is 7.28. The van der Waals surface area contributed by atoms with Gasteiger partial charge in [0.15, 0.2) is 0 Å². The summed E-state index contributed by atoms with van der Waals surface area (Å²) in [5, 5.41) is 2.38. The van der Waals surface area contributed by atoms with Gasteiger partial charge in [-0.1, -0.05) is 167 Å². The largest absolute Gasteiger partial charge is 0.456 e. The van der Waals surface area contributed by atoms with Crippen molar-refractivity contribution in [1.29, 1.82) is 0 Å². The Morgan fingerprint density at radius 3 is 1.45 bits per heavy atom. The van der Waals surface area contributed by atoms with Gasteiger partial charge < -0.3 is 14.1 Å². The molecular weight excluding hydrogens is 775 g/mol. The molecule has 0 amide bonds. The minimum atomic E-state index is -0.119. The van der Waals surface area contributed by atoms with E-state index in [1.807, 2.05) is 0 Å². The van der Waals surface area contributed by atoms with Gasteiger partial charge in [-0.3, -0.25) is 0 Å². The second-order valence-electron chi connectivity index (χ2n) is 25.3. The van der Waals surface area contributed by atoms with Gasteiger partial charge in [0, 0.05) is 50.8 Å². The number of rotatable bonds is 2. The molecule has 0 aliphatic carbocycles. The van der Waals surface area contributed by atoms with Gasteiger partial charge in [0.2, 0.25) is 0 Å². The first-order valence-electron chi connectivity index (χ1n) is 23.7. The van der Waals surface area contributed by atoms with E-state index in [-0.39, 0.29) is 39.3 Å². The number of furan rings is 1. The smallest absolute Gasteiger partial charge is 0.333 e. The molecule has 64 heavy (non-hydrogen) atoms. The predicted molar refractivity (Wildman–Crippen MR) is 280 cm³/mol. The summed E-state index contributed by atoms with van der Waals surface area (Å²) in [4.78, 5) is 5.27. The van der Waals surface area contributed by atoms with Gasteiger partial charge in [-0.2, -0.15) is 0 Å². The van der Waals surface area contributed by atoms with E-state index in [4.69, 9.17) is 4.42 Å². The van der Waals surface area contributed by atoms with Crippen LogP contribution in [0.2, 0.25) is 0 Å². The summed E-state index contributed by atoms with van der Waals surface area (Å²) in [6.45, 7) is 41.8. The molecule has 2 aliphatic heterocycles. The van der Waals surface area contributed by atoms with Crippen molar-refractivity contribution < 1.29 is 4.42 Å². The van der Waals surface area contributed by atoms with Crippen LogP contribution >= 0.6 is 0 Å². The minimum Gasteiger partial charge on any atom is -0.456 e. The summed E-state index contributed by atoms with van der Waals surface area (Å²) in [7, 11) is 0. The molecular formula is C60H71BN2O. The SMILES string of the molecule is CC(C)(C)c1ccc(N2B3c4ccc(C(C)(C)C)cc4N(c4cc(C(C)(C)C)cc(C(C)(C)C)c4)c4cc5oc6ccc(C(C)(C)C)cc6c5c(c43)-c3cc(C(C)(C)C)ccc32)cc1.